The van der Waals surface area contributed by atoms with E-state index in [4.69, 9.17) is 4.74 Å². The second-order valence-electron chi connectivity index (χ2n) is 3.41. The molecule has 0 aliphatic heterocycles. The third-order valence-electron chi connectivity index (χ3n) is 2.18. The van der Waals surface area contributed by atoms with Crippen molar-refractivity contribution in [2.24, 2.45) is 0 Å². The van der Waals surface area contributed by atoms with Gasteiger partial charge in [0.25, 0.3) is 0 Å². The van der Waals surface area contributed by atoms with Gasteiger partial charge in [-0.15, -0.1) is 0 Å². The molecular formula is C10H9Br2FO. The number of ether oxygens (including phenoxy) is 1. The van der Waals surface area contributed by atoms with Crippen molar-refractivity contribution >= 4 is 31.9 Å². The first kappa shape index (κ1) is 10.4. The van der Waals surface area contributed by atoms with Crippen LogP contribution in [0.15, 0.2) is 22.7 Å². The zero-order valence-electron chi connectivity index (χ0n) is 7.34. The summed E-state index contributed by atoms with van der Waals surface area (Å²) >= 11 is 6.70. The Morgan fingerprint density at radius 1 is 1.29 bits per heavy atom. The summed E-state index contributed by atoms with van der Waals surface area (Å²) < 4.78 is 19.3. The van der Waals surface area contributed by atoms with Crippen LogP contribution in [-0.4, -0.2) is 10.9 Å². The van der Waals surface area contributed by atoms with E-state index < -0.39 is 0 Å². The van der Waals surface area contributed by atoms with Crippen molar-refractivity contribution in [2.45, 2.75) is 23.8 Å². The highest BCUT2D eigenvalue weighted by Crippen LogP contribution is 2.32. The molecule has 1 aliphatic carbocycles. The van der Waals surface area contributed by atoms with Crippen molar-refractivity contribution in [2.75, 3.05) is 0 Å². The van der Waals surface area contributed by atoms with Gasteiger partial charge in [-0.3, -0.25) is 0 Å². The summed E-state index contributed by atoms with van der Waals surface area (Å²) in [7, 11) is 0. The molecule has 0 aromatic heterocycles. The van der Waals surface area contributed by atoms with Crippen molar-refractivity contribution in [3.05, 3.63) is 28.5 Å². The molecule has 0 bridgehead atoms. The van der Waals surface area contributed by atoms with Crippen LogP contribution >= 0.6 is 31.9 Å². The molecule has 76 valence electrons. The molecule has 1 aromatic carbocycles. The summed E-state index contributed by atoms with van der Waals surface area (Å²) in [4.78, 5) is 0.560. The second-order valence-corrected chi connectivity index (χ2v) is 5.62. The van der Waals surface area contributed by atoms with Crippen LogP contribution in [0.3, 0.4) is 0 Å². The Labute approximate surface area is 98.9 Å². The molecule has 0 amide bonds. The molecule has 1 aromatic rings. The van der Waals surface area contributed by atoms with E-state index in [2.05, 4.69) is 31.9 Å². The number of benzene rings is 1. The van der Waals surface area contributed by atoms with Crippen LogP contribution < -0.4 is 4.74 Å². The molecule has 1 fully saturated rings. The van der Waals surface area contributed by atoms with Crippen molar-refractivity contribution in [1.82, 2.24) is 0 Å². The average molecular weight is 324 g/mol. The van der Waals surface area contributed by atoms with Crippen molar-refractivity contribution in [1.29, 1.82) is 0 Å². The van der Waals surface area contributed by atoms with E-state index >= 15 is 0 Å². The minimum Gasteiger partial charge on any atom is -0.490 e. The zero-order chi connectivity index (χ0) is 10.1. The first-order chi connectivity index (χ1) is 6.63. The predicted molar refractivity (Wildman–Crippen MR) is 60.5 cm³/mol. The molecule has 4 heteroatoms. The lowest BCUT2D eigenvalue weighted by Crippen LogP contribution is -2.33. The molecule has 0 unspecified atom stereocenters. The molecular weight excluding hydrogens is 315 g/mol. The Hall–Kier alpha value is -0.0900. The predicted octanol–water partition coefficient (Wildman–Crippen LogP) is 3.89. The molecule has 0 radical (unpaired) electrons. The minimum atomic E-state index is -0.274. The van der Waals surface area contributed by atoms with Crippen molar-refractivity contribution in [3.63, 3.8) is 0 Å². The Kier molecular flexibility index (Phi) is 3.12. The van der Waals surface area contributed by atoms with Crippen LogP contribution in [0.2, 0.25) is 0 Å². The molecule has 2 rings (SSSR count). The lowest BCUT2D eigenvalue weighted by Gasteiger charge is -2.31. The first-order valence-corrected chi connectivity index (χ1v) is 6.11. The Morgan fingerprint density at radius 2 is 2.00 bits per heavy atom. The molecule has 0 N–H and O–H groups in total. The summed E-state index contributed by atoms with van der Waals surface area (Å²) in [5.74, 6) is 0.324. The van der Waals surface area contributed by atoms with E-state index in [1.54, 1.807) is 6.07 Å². The highest BCUT2D eigenvalue weighted by molar-refractivity contribution is 9.10. The quantitative estimate of drug-likeness (QED) is 0.750. The lowest BCUT2D eigenvalue weighted by molar-refractivity contribution is 0.127. The number of halogens is 3. The fourth-order valence-corrected chi connectivity index (χ4v) is 2.66. The van der Waals surface area contributed by atoms with Gasteiger partial charge in [0.1, 0.15) is 17.7 Å². The Bertz CT molecular complexity index is 317. The maximum atomic E-state index is 13.0. The van der Waals surface area contributed by atoms with Crippen LogP contribution in [0.25, 0.3) is 0 Å². The normalized spacial score (nSPS) is 25.6. The number of hydrogen-bond acceptors (Lipinski definition) is 1. The summed E-state index contributed by atoms with van der Waals surface area (Å²) in [6.45, 7) is 0. The second kappa shape index (κ2) is 4.19. The SMILES string of the molecule is Fc1cc(Br)cc(OC2CC(Br)C2)c1. The van der Waals surface area contributed by atoms with E-state index in [0.29, 0.717) is 15.0 Å². The van der Waals surface area contributed by atoms with Gasteiger partial charge in [0.15, 0.2) is 0 Å². The highest BCUT2D eigenvalue weighted by atomic mass is 79.9. The van der Waals surface area contributed by atoms with Crippen LogP contribution in [0.1, 0.15) is 12.8 Å². The van der Waals surface area contributed by atoms with Crippen LogP contribution in [0.5, 0.6) is 5.75 Å². The monoisotopic (exact) mass is 322 g/mol. The van der Waals surface area contributed by atoms with Gasteiger partial charge in [-0.05, 0) is 25.0 Å². The summed E-state index contributed by atoms with van der Waals surface area (Å²) in [6, 6.07) is 4.61. The first-order valence-electron chi connectivity index (χ1n) is 4.40. The fraction of sp³-hybridized carbons (Fsp3) is 0.400. The van der Waals surface area contributed by atoms with Crippen LogP contribution in [0.4, 0.5) is 4.39 Å². The molecule has 0 saturated heterocycles. The number of hydrogen-bond donors (Lipinski definition) is 0. The molecule has 0 atom stereocenters. The van der Waals surface area contributed by atoms with Gasteiger partial charge in [-0.1, -0.05) is 31.9 Å². The van der Waals surface area contributed by atoms with Crippen molar-refractivity contribution in [3.8, 4) is 5.75 Å². The molecule has 0 heterocycles. The van der Waals surface area contributed by atoms with Gasteiger partial charge in [0, 0.05) is 15.4 Å². The van der Waals surface area contributed by atoms with Crippen LogP contribution in [-0.2, 0) is 0 Å². The van der Waals surface area contributed by atoms with E-state index in [9.17, 15) is 4.39 Å². The fourth-order valence-electron chi connectivity index (χ4n) is 1.39. The van der Waals surface area contributed by atoms with Gasteiger partial charge in [0.05, 0.1) is 0 Å². The van der Waals surface area contributed by atoms with Gasteiger partial charge in [0.2, 0.25) is 0 Å². The zero-order valence-corrected chi connectivity index (χ0v) is 10.5. The topological polar surface area (TPSA) is 9.23 Å². The average Bonchev–Trinajstić information content (AvgIpc) is 1.99. The summed E-state index contributed by atoms with van der Waals surface area (Å²) in [6.07, 6.45) is 2.22. The minimum absolute atomic E-state index is 0.230. The Morgan fingerprint density at radius 3 is 2.57 bits per heavy atom. The Balaban J connectivity index is 2.02. The molecule has 1 aliphatic rings. The molecule has 1 saturated carbocycles. The largest absolute Gasteiger partial charge is 0.490 e. The third kappa shape index (κ3) is 2.48. The smallest absolute Gasteiger partial charge is 0.128 e. The third-order valence-corrected chi connectivity index (χ3v) is 3.38. The maximum absolute atomic E-state index is 13.0. The lowest BCUT2D eigenvalue weighted by atomic mass is 9.96. The standard InChI is InChI=1S/C10H9Br2FO/c11-6-1-8(13)5-10(2-6)14-9-3-7(12)4-9/h1-2,5,7,9H,3-4H2. The molecule has 1 nitrogen and oxygen atoms in total. The van der Waals surface area contributed by atoms with E-state index in [1.165, 1.54) is 12.1 Å². The van der Waals surface area contributed by atoms with Crippen molar-refractivity contribution < 1.29 is 9.13 Å². The summed E-state index contributed by atoms with van der Waals surface area (Å²) in [5.41, 5.74) is 0. The summed E-state index contributed by atoms with van der Waals surface area (Å²) in [5, 5.41) is 0. The van der Waals surface area contributed by atoms with Gasteiger partial charge < -0.3 is 4.74 Å². The van der Waals surface area contributed by atoms with E-state index in [1.807, 2.05) is 0 Å². The van der Waals surface area contributed by atoms with E-state index in [-0.39, 0.29) is 11.9 Å². The van der Waals surface area contributed by atoms with Crippen LogP contribution in [0, 0.1) is 5.82 Å². The van der Waals surface area contributed by atoms with Gasteiger partial charge in [-0.2, -0.15) is 0 Å². The van der Waals surface area contributed by atoms with Gasteiger partial charge in [-0.25, -0.2) is 4.39 Å². The van der Waals surface area contributed by atoms with E-state index in [0.717, 1.165) is 12.8 Å². The number of alkyl halides is 1. The maximum Gasteiger partial charge on any atom is 0.128 e. The number of rotatable bonds is 2. The molecule has 0 spiro atoms. The molecule has 14 heavy (non-hydrogen) atoms. The van der Waals surface area contributed by atoms with Gasteiger partial charge >= 0.3 is 0 Å². The highest BCUT2D eigenvalue weighted by Gasteiger charge is 2.28.